The number of rotatable bonds is 7. The number of para-hydroxylation sites is 1. The van der Waals surface area contributed by atoms with Gasteiger partial charge < -0.3 is 14.5 Å². The van der Waals surface area contributed by atoms with E-state index in [1.54, 1.807) is 13.3 Å². The van der Waals surface area contributed by atoms with Crippen molar-refractivity contribution in [3.05, 3.63) is 54.2 Å². The van der Waals surface area contributed by atoms with Crippen LogP contribution in [0, 0.1) is 5.92 Å². The molecule has 0 N–H and O–H groups in total. The van der Waals surface area contributed by atoms with Gasteiger partial charge in [-0.1, -0.05) is 37.6 Å². The molecule has 6 heteroatoms. The van der Waals surface area contributed by atoms with Crippen LogP contribution in [0.3, 0.4) is 0 Å². The number of carbonyl (C=O) groups is 1. The van der Waals surface area contributed by atoms with Crippen LogP contribution in [0.1, 0.15) is 50.5 Å². The summed E-state index contributed by atoms with van der Waals surface area (Å²) in [5.74, 6) is 3.03. The molecule has 2 aliphatic heterocycles. The molecule has 1 aromatic heterocycles. The molecule has 2 amide bonds. The van der Waals surface area contributed by atoms with Gasteiger partial charge in [0.05, 0.1) is 7.11 Å². The van der Waals surface area contributed by atoms with E-state index >= 15 is 0 Å². The number of hydrogen-bond acceptors (Lipinski definition) is 4. The fourth-order valence-electron chi connectivity index (χ4n) is 5.24. The molecule has 0 radical (unpaired) electrons. The maximum atomic E-state index is 13.5. The average molecular weight is 451 g/mol. The molecular formula is C27H38N4O2. The number of likely N-dealkylation sites (tertiary alicyclic amines) is 2. The summed E-state index contributed by atoms with van der Waals surface area (Å²) in [4.78, 5) is 24.4. The highest BCUT2D eigenvalue weighted by atomic mass is 16.5. The Balaban J connectivity index is 1.35. The second-order valence-electron chi connectivity index (χ2n) is 9.32. The molecule has 178 valence electrons. The third-order valence-corrected chi connectivity index (χ3v) is 7.43. The Kier molecular flexibility index (Phi) is 8.21. The lowest BCUT2D eigenvalue weighted by Gasteiger charge is -2.37. The number of amides is 2. The third-order valence-electron chi connectivity index (χ3n) is 7.43. The highest BCUT2D eigenvalue weighted by Crippen LogP contribution is 2.34. The zero-order valence-corrected chi connectivity index (χ0v) is 20.2. The lowest BCUT2D eigenvalue weighted by molar-refractivity contribution is 0.172. The third kappa shape index (κ3) is 5.85. The first-order valence-corrected chi connectivity index (χ1v) is 12.5. The van der Waals surface area contributed by atoms with Crippen LogP contribution in [-0.2, 0) is 0 Å². The smallest absolute Gasteiger partial charge is 0.325 e. The van der Waals surface area contributed by atoms with Gasteiger partial charge in [-0.15, -0.1) is 0 Å². The van der Waals surface area contributed by atoms with Crippen LogP contribution in [0.15, 0.2) is 48.7 Å². The first kappa shape index (κ1) is 23.6. The highest BCUT2D eigenvalue weighted by molar-refractivity contribution is 5.91. The van der Waals surface area contributed by atoms with Crippen LogP contribution in [0.2, 0.25) is 0 Å². The number of urea groups is 1. The summed E-state index contributed by atoms with van der Waals surface area (Å²) in [6.07, 6.45) is 7.42. The Morgan fingerprint density at radius 3 is 2.42 bits per heavy atom. The maximum absolute atomic E-state index is 13.5. The van der Waals surface area contributed by atoms with Crippen LogP contribution in [-0.4, -0.2) is 67.2 Å². The van der Waals surface area contributed by atoms with Gasteiger partial charge in [-0.2, -0.15) is 0 Å². The van der Waals surface area contributed by atoms with Crippen molar-refractivity contribution in [3.63, 3.8) is 0 Å². The van der Waals surface area contributed by atoms with Crippen LogP contribution >= 0.6 is 0 Å². The number of hydrogen-bond donors (Lipinski definition) is 0. The normalized spacial score (nSPS) is 18.3. The van der Waals surface area contributed by atoms with Crippen molar-refractivity contribution in [1.29, 1.82) is 0 Å². The minimum atomic E-state index is 0.104. The van der Waals surface area contributed by atoms with E-state index in [1.807, 2.05) is 34.1 Å². The highest BCUT2D eigenvalue weighted by Gasteiger charge is 2.28. The standard InChI is InChI=1S/C27H38N4O2/c1-3-22-11-18-30(19-12-22)27(32)31(26-10-6-7-15-28-26)21-20-29-16-13-23(14-17-29)24-8-4-5-9-25(24)33-2/h4-10,15,22-23H,3,11-14,16-21H2,1-2H3. The molecule has 4 rings (SSSR count). The van der Waals surface area contributed by atoms with Gasteiger partial charge in [-0.25, -0.2) is 9.78 Å². The van der Waals surface area contributed by atoms with Gasteiger partial charge in [-0.3, -0.25) is 4.90 Å². The number of anilines is 1. The number of carbonyl (C=O) groups excluding carboxylic acids is 1. The zero-order valence-electron chi connectivity index (χ0n) is 20.2. The molecule has 2 aromatic rings. The van der Waals surface area contributed by atoms with Crippen molar-refractivity contribution in [2.24, 2.45) is 5.92 Å². The fraction of sp³-hybridized carbons (Fsp3) is 0.556. The number of pyridine rings is 1. The van der Waals surface area contributed by atoms with E-state index in [1.165, 1.54) is 12.0 Å². The van der Waals surface area contributed by atoms with Gasteiger partial charge in [-0.05, 0) is 74.4 Å². The predicted molar refractivity (Wildman–Crippen MR) is 133 cm³/mol. The Morgan fingerprint density at radius 2 is 1.76 bits per heavy atom. The Bertz CT molecular complexity index is 875. The molecule has 0 bridgehead atoms. The summed E-state index contributed by atoms with van der Waals surface area (Å²) in [6.45, 7) is 7.56. The number of methoxy groups -OCH3 is 1. The first-order chi connectivity index (χ1) is 16.2. The van der Waals surface area contributed by atoms with E-state index in [0.717, 1.165) is 75.9 Å². The van der Waals surface area contributed by atoms with Crippen molar-refractivity contribution in [2.45, 2.75) is 44.9 Å². The molecule has 1 aromatic carbocycles. The number of ether oxygens (including phenoxy) is 1. The molecule has 6 nitrogen and oxygen atoms in total. The Labute approximate surface area is 198 Å². The largest absolute Gasteiger partial charge is 0.496 e. The monoisotopic (exact) mass is 450 g/mol. The summed E-state index contributed by atoms with van der Waals surface area (Å²) < 4.78 is 5.58. The molecule has 3 heterocycles. The molecule has 0 aliphatic carbocycles. The zero-order chi connectivity index (χ0) is 23.0. The van der Waals surface area contributed by atoms with Crippen LogP contribution in [0.4, 0.5) is 10.6 Å². The first-order valence-electron chi connectivity index (χ1n) is 12.5. The maximum Gasteiger partial charge on any atom is 0.325 e. The van der Waals surface area contributed by atoms with Crippen molar-refractivity contribution >= 4 is 11.8 Å². The van der Waals surface area contributed by atoms with Crippen molar-refractivity contribution < 1.29 is 9.53 Å². The fourth-order valence-corrected chi connectivity index (χ4v) is 5.24. The molecule has 0 saturated carbocycles. The average Bonchev–Trinajstić information content (AvgIpc) is 2.89. The molecular weight excluding hydrogens is 412 g/mol. The van der Waals surface area contributed by atoms with Crippen LogP contribution < -0.4 is 9.64 Å². The summed E-state index contributed by atoms with van der Waals surface area (Å²) in [6, 6.07) is 14.3. The minimum Gasteiger partial charge on any atom is -0.496 e. The molecule has 0 atom stereocenters. The number of piperidine rings is 2. The van der Waals surface area contributed by atoms with Gasteiger partial charge >= 0.3 is 6.03 Å². The minimum absolute atomic E-state index is 0.104. The number of nitrogens with zero attached hydrogens (tertiary/aromatic N) is 4. The Hall–Kier alpha value is -2.60. The molecule has 0 unspecified atom stereocenters. The summed E-state index contributed by atoms with van der Waals surface area (Å²) in [7, 11) is 1.75. The molecule has 2 saturated heterocycles. The van der Waals surface area contributed by atoms with Crippen molar-refractivity contribution in [2.75, 3.05) is 51.3 Å². The summed E-state index contributed by atoms with van der Waals surface area (Å²) in [5, 5.41) is 0. The molecule has 2 aliphatic rings. The van der Waals surface area contributed by atoms with Crippen molar-refractivity contribution in [1.82, 2.24) is 14.8 Å². The molecule has 2 fully saturated rings. The van der Waals surface area contributed by atoms with Gasteiger partial charge in [0, 0.05) is 32.4 Å². The van der Waals surface area contributed by atoms with E-state index in [2.05, 4.69) is 35.0 Å². The van der Waals surface area contributed by atoms with Gasteiger partial charge in [0.1, 0.15) is 11.6 Å². The number of aromatic nitrogens is 1. The second-order valence-corrected chi connectivity index (χ2v) is 9.32. The van der Waals surface area contributed by atoms with Gasteiger partial charge in [0.2, 0.25) is 0 Å². The summed E-state index contributed by atoms with van der Waals surface area (Å²) in [5.41, 5.74) is 1.32. The van der Waals surface area contributed by atoms with E-state index in [4.69, 9.17) is 4.74 Å². The van der Waals surface area contributed by atoms with E-state index < -0.39 is 0 Å². The topological polar surface area (TPSA) is 48.9 Å². The van der Waals surface area contributed by atoms with Crippen LogP contribution in [0.5, 0.6) is 5.75 Å². The van der Waals surface area contributed by atoms with E-state index in [9.17, 15) is 4.79 Å². The predicted octanol–water partition coefficient (Wildman–Crippen LogP) is 5.02. The molecule has 0 spiro atoms. The quantitative estimate of drug-likeness (QED) is 0.594. The van der Waals surface area contributed by atoms with Gasteiger partial charge in [0.25, 0.3) is 0 Å². The number of benzene rings is 1. The SMILES string of the molecule is CCC1CCN(C(=O)N(CCN2CCC(c3ccccc3OC)CC2)c2ccccn2)CC1. The lowest BCUT2D eigenvalue weighted by Crippen LogP contribution is -2.49. The molecule has 33 heavy (non-hydrogen) atoms. The van der Waals surface area contributed by atoms with E-state index in [0.29, 0.717) is 12.5 Å². The van der Waals surface area contributed by atoms with Gasteiger partial charge in [0.15, 0.2) is 0 Å². The van der Waals surface area contributed by atoms with Crippen molar-refractivity contribution in [3.8, 4) is 5.75 Å². The summed E-state index contributed by atoms with van der Waals surface area (Å²) >= 11 is 0. The Morgan fingerprint density at radius 1 is 1.03 bits per heavy atom. The lowest BCUT2D eigenvalue weighted by atomic mass is 9.89. The van der Waals surface area contributed by atoms with Crippen LogP contribution in [0.25, 0.3) is 0 Å². The van der Waals surface area contributed by atoms with E-state index in [-0.39, 0.29) is 6.03 Å². The second kappa shape index (κ2) is 11.5.